The zero-order valence-electron chi connectivity index (χ0n) is 11.2. The number of carbonyl (C=O) groups excluding carboxylic acids is 1. The van der Waals surface area contributed by atoms with Crippen LogP contribution in [-0.4, -0.2) is 31.8 Å². The van der Waals surface area contributed by atoms with Crippen LogP contribution in [0.15, 0.2) is 23.1 Å². The fourth-order valence-corrected chi connectivity index (χ4v) is 3.23. The molecule has 2 N–H and O–H groups in total. The molecule has 1 aromatic carbocycles. The predicted octanol–water partition coefficient (Wildman–Crippen LogP) is 2.00. The summed E-state index contributed by atoms with van der Waals surface area (Å²) < 4.78 is 23.2. The quantitative estimate of drug-likeness (QED) is 0.902. The van der Waals surface area contributed by atoms with Crippen LogP contribution in [0.5, 0.6) is 0 Å². The van der Waals surface area contributed by atoms with E-state index in [-0.39, 0.29) is 27.4 Å². The van der Waals surface area contributed by atoms with Gasteiger partial charge in [-0.2, -0.15) is 0 Å². The molecule has 1 aliphatic rings. The molecule has 1 aliphatic carbocycles. The van der Waals surface area contributed by atoms with Crippen LogP contribution >= 0.6 is 11.6 Å². The van der Waals surface area contributed by atoms with E-state index in [0.29, 0.717) is 6.54 Å². The maximum atomic E-state index is 12.6. The minimum absolute atomic E-state index is 0.0167. The van der Waals surface area contributed by atoms with Gasteiger partial charge in [-0.05, 0) is 31.4 Å². The van der Waals surface area contributed by atoms with Crippen LogP contribution in [0.4, 0.5) is 0 Å². The van der Waals surface area contributed by atoms with Crippen molar-refractivity contribution in [2.75, 3.05) is 6.54 Å². The van der Waals surface area contributed by atoms with Crippen molar-refractivity contribution in [2.45, 2.75) is 37.1 Å². The number of hydrogen-bond donors (Lipinski definition) is 1. The Morgan fingerprint density at radius 2 is 2.10 bits per heavy atom. The van der Waals surface area contributed by atoms with Gasteiger partial charge in [0.1, 0.15) is 0 Å². The Kier molecular flexibility index (Phi) is 4.36. The van der Waals surface area contributed by atoms with Gasteiger partial charge < -0.3 is 4.90 Å². The summed E-state index contributed by atoms with van der Waals surface area (Å²) in [5.74, 6) is -0.357. The van der Waals surface area contributed by atoms with Gasteiger partial charge in [0.25, 0.3) is 5.91 Å². The zero-order valence-corrected chi connectivity index (χ0v) is 12.7. The Hall–Kier alpha value is -1.11. The number of halogens is 1. The summed E-state index contributed by atoms with van der Waals surface area (Å²) in [5.41, 5.74) is -0.0167. The summed E-state index contributed by atoms with van der Waals surface area (Å²) in [6.07, 6.45) is 2.69. The first-order chi connectivity index (χ1) is 9.36. The van der Waals surface area contributed by atoms with Crippen molar-refractivity contribution in [2.24, 2.45) is 5.14 Å². The van der Waals surface area contributed by atoms with Crippen molar-refractivity contribution in [3.8, 4) is 0 Å². The Bertz CT molecular complexity index is 627. The SMILES string of the molecule is CCCN(C(=O)c1c(Cl)cccc1S(N)(=O)=O)C1CC1. The third kappa shape index (κ3) is 3.13. The Labute approximate surface area is 123 Å². The Morgan fingerprint density at radius 1 is 1.45 bits per heavy atom. The maximum Gasteiger partial charge on any atom is 0.257 e. The number of carbonyl (C=O) groups is 1. The van der Waals surface area contributed by atoms with Gasteiger partial charge in [0.05, 0.1) is 15.5 Å². The minimum Gasteiger partial charge on any atom is -0.336 e. The van der Waals surface area contributed by atoms with Crippen LogP contribution in [0.1, 0.15) is 36.5 Å². The second-order valence-electron chi connectivity index (χ2n) is 4.89. The van der Waals surface area contributed by atoms with Crippen molar-refractivity contribution < 1.29 is 13.2 Å². The van der Waals surface area contributed by atoms with Crippen LogP contribution in [0.25, 0.3) is 0 Å². The molecule has 0 heterocycles. The van der Waals surface area contributed by atoms with Crippen molar-refractivity contribution in [3.05, 3.63) is 28.8 Å². The minimum atomic E-state index is -3.99. The van der Waals surface area contributed by atoms with Crippen LogP contribution in [0.2, 0.25) is 5.02 Å². The number of hydrogen-bond acceptors (Lipinski definition) is 3. The van der Waals surface area contributed by atoms with Gasteiger partial charge in [0.2, 0.25) is 10.0 Å². The van der Waals surface area contributed by atoms with Gasteiger partial charge in [-0.3, -0.25) is 4.79 Å². The summed E-state index contributed by atoms with van der Waals surface area (Å²) >= 11 is 6.03. The molecule has 1 saturated carbocycles. The first kappa shape index (κ1) is 15.3. The highest BCUT2D eigenvalue weighted by atomic mass is 35.5. The molecule has 7 heteroatoms. The molecule has 1 amide bonds. The summed E-state index contributed by atoms with van der Waals surface area (Å²) in [5, 5.41) is 5.29. The number of primary sulfonamides is 1. The van der Waals surface area contributed by atoms with Crippen LogP contribution in [-0.2, 0) is 10.0 Å². The van der Waals surface area contributed by atoms with E-state index >= 15 is 0 Å². The Balaban J connectivity index is 2.48. The van der Waals surface area contributed by atoms with E-state index < -0.39 is 10.0 Å². The molecule has 0 atom stereocenters. The van der Waals surface area contributed by atoms with Crippen LogP contribution in [0.3, 0.4) is 0 Å². The highest BCUT2D eigenvalue weighted by molar-refractivity contribution is 7.89. The normalized spacial score (nSPS) is 15.2. The average molecular weight is 317 g/mol. The van der Waals surface area contributed by atoms with E-state index in [4.69, 9.17) is 16.7 Å². The molecule has 0 bridgehead atoms. The molecule has 2 rings (SSSR count). The molecule has 0 aromatic heterocycles. The number of nitrogens with zero attached hydrogens (tertiary/aromatic N) is 1. The third-order valence-electron chi connectivity index (χ3n) is 3.21. The molecule has 0 radical (unpaired) electrons. The lowest BCUT2D eigenvalue weighted by molar-refractivity contribution is 0.0739. The molecule has 1 aromatic rings. The van der Waals surface area contributed by atoms with Gasteiger partial charge in [-0.25, -0.2) is 13.6 Å². The smallest absolute Gasteiger partial charge is 0.257 e. The van der Waals surface area contributed by atoms with E-state index in [2.05, 4.69) is 0 Å². The molecule has 0 saturated heterocycles. The first-order valence-electron chi connectivity index (χ1n) is 6.48. The maximum absolute atomic E-state index is 12.6. The molecular formula is C13H17ClN2O3S. The van der Waals surface area contributed by atoms with E-state index in [0.717, 1.165) is 19.3 Å². The van der Waals surface area contributed by atoms with Crippen molar-refractivity contribution in [3.63, 3.8) is 0 Å². The van der Waals surface area contributed by atoms with E-state index in [1.54, 1.807) is 4.90 Å². The van der Waals surface area contributed by atoms with Crippen LogP contribution < -0.4 is 5.14 Å². The van der Waals surface area contributed by atoms with Gasteiger partial charge >= 0.3 is 0 Å². The molecule has 0 unspecified atom stereocenters. The second kappa shape index (κ2) is 5.71. The standard InChI is InChI=1S/C13H17ClN2O3S/c1-2-8-16(9-6-7-9)13(17)12-10(14)4-3-5-11(12)20(15,18)19/h3-5,9H,2,6-8H2,1H3,(H2,15,18,19). The lowest BCUT2D eigenvalue weighted by atomic mass is 10.2. The molecule has 0 aliphatic heterocycles. The first-order valence-corrected chi connectivity index (χ1v) is 8.41. The number of sulfonamides is 1. The molecule has 0 spiro atoms. The summed E-state index contributed by atoms with van der Waals surface area (Å²) in [4.78, 5) is 14.1. The topological polar surface area (TPSA) is 80.5 Å². The second-order valence-corrected chi connectivity index (χ2v) is 6.82. The highest BCUT2D eigenvalue weighted by Crippen LogP contribution is 2.31. The van der Waals surface area contributed by atoms with E-state index in [9.17, 15) is 13.2 Å². The molecule has 110 valence electrons. The van der Waals surface area contributed by atoms with Crippen molar-refractivity contribution in [1.29, 1.82) is 0 Å². The summed E-state index contributed by atoms with van der Waals surface area (Å²) in [6.45, 7) is 2.55. The number of amides is 1. The molecular weight excluding hydrogens is 300 g/mol. The predicted molar refractivity (Wildman–Crippen MR) is 77.2 cm³/mol. The number of nitrogens with two attached hydrogens (primary N) is 1. The number of benzene rings is 1. The lowest BCUT2D eigenvalue weighted by Gasteiger charge is -2.23. The molecule has 5 nitrogen and oxygen atoms in total. The molecule has 20 heavy (non-hydrogen) atoms. The van der Waals surface area contributed by atoms with E-state index in [1.165, 1.54) is 18.2 Å². The largest absolute Gasteiger partial charge is 0.336 e. The molecule has 1 fully saturated rings. The van der Waals surface area contributed by atoms with Gasteiger partial charge in [0, 0.05) is 12.6 Å². The Morgan fingerprint density at radius 3 is 2.60 bits per heavy atom. The summed E-state index contributed by atoms with van der Waals surface area (Å²) in [7, 11) is -3.99. The van der Waals surface area contributed by atoms with Crippen LogP contribution in [0, 0.1) is 0 Å². The van der Waals surface area contributed by atoms with Gasteiger partial charge in [-0.1, -0.05) is 24.6 Å². The van der Waals surface area contributed by atoms with E-state index in [1.807, 2.05) is 6.92 Å². The lowest BCUT2D eigenvalue weighted by Crippen LogP contribution is -2.35. The van der Waals surface area contributed by atoms with Crippen molar-refractivity contribution in [1.82, 2.24) is 4.90 Å². The third-order valence-corrected chi connectivity index (χ3v) is 4.48. The monoisotopic (exact) mass is 316 g/mol. The van der Waals surface area contributed by atoms with Gasteiger partial charge in [0.15, 0.2) is 0 Å². The number of rotatable bonds is 5. The fourth-order valence-electron chi connectivity index (χ4n) is 2.17. The van der Waals surface area contributed by atoms with Gasteiger partial charge in [-0.15, -0.1) is 0 Å². The average Bonchev–Trinajstić information content (AvgIpc) is 3.18. The van der Waals surface area contributed by atoms with Crippen molar-refractivity contribution >= 4 is 27.5 Å². The zero-order chi connectivity index (χ0) is 14.9. The fraction of sp³-hybridized carbons (Fsp3) is 0.462. The summed E-state index contributed by atoms with van der Waals surface area (Å²) in [6, 6.07) is 4.47. The highest BCUT2D eigenvalue weighted by Gasteiger charge is 2.35.